The number of fused-ring (bicyclic) bond motifs is 2. The topological polar surface area (TPSA) is 95.9 Å². The average molecular weight is 641 g/mol. The van der Waals surface area contributed by atoms with Crippen LogP contribution in [0.3, 0.4) is 0 Å². The highest BCUT2D eigenvalue weighted by atomic mass is 19.1. The third-order valence-corrected chi connectivity index (χ3v) is 11.8. The summed E-state index contributed by atoms with van der Waals surface area (Å²) in [5, 5.41) is 15.4. The fraction of sp³-hybridized carbons (Fsp3) is 0.457. The fourth-order valence-electron chi connectivity index (χ4n) is 9.88. The average Bonchev–Trinajstić information content (AvgIpc) is 3.27. The highest BCUT2D eigenvalue weighted by molar-refractivity contribution is 6.04. The lowest BCUT2D eigenvalue weighted by Crippen LogP contribution is -2.63. The molecule has 8 heterocycles. The van der Waals surface area contributed by atoms with Crippen molar-refractivity contribution < 1.29 is 27.8 Å². The number of pyridine rings is 1. The van der Waals surface area contributed by atoms with Gasteiger partial charge in [0.2, 0.25) is 5.88 Å². The van der Waals surface area contributed by atoms with Gasteiger partial charge in [0.1, 0.15) is 52.9 Å². The number of halogens is 3. The van der Waals surface area contributed by atoms with Gasteiger partial charge in [-0.2, -0.15) is 9.97 Å². The first-order valence-electron chi connectivity index (χ1n) is 16.3. The second-order valence-corrected chi connectivity index (χ2v) is 14.1. The van der Waals surface area contributed by atoms with E-state index in [0.29, 0.717) is 42.0 Å². The number of piperazine rings is 1. The molecule has 9 nitrogen and oxygen atoms in total. The Bertz CT molecular complexity index is 2090. The van der Waals surface area contributed by atoms with Crippen molar-refractivity contribution in [1.29, 1.82) is 0 Å². The van der Waals surface area contributed by atoms with Crippen LogP contribution in [0.1, 0.15) is 38.2 Å². The Morgan fingerprint density at radius 3 is 2.87 bits per heavy atom. The number of phenols is 1. The summed E-state index contributed by atoms with van der Waals surface area (Å²) >= 11 is 0. The van der Waals surface area contributed by atoms with Crippen LogP contribution >= 0.6 is 0 Å². The van der Waals surface area contributed by atoms with Crippen LogP contribution in [0.2, 0.25) is 0 Å². The van der Waals surface area contributed by atoms with Crippen molar-refractivity contribution in [1.82, 2.24) is 25.2 Å². The molecule has 5 saturated heterocycles. The molecule has 7 atom stereocenters. The van der Waals surface area contributed by atoms with E-state index in [4.69, 9.17) is 25.9 Å². The molecular weight excluding hydrogens is 609 g/mol. The van der Waals surface area contributed by atoms with Crippen LogP contribution < -0.4 is 19.7 Å². The Balaban J connectivity index is 1.20. The Morgan fingerprint density at radius 1 is 1.19 bits per heavy atom. The smallest absolute Gasteiger partial charge is 0.319 e. The number of benzene rings is 2. The van der Waals surface area contributed by atoms with Crippen molar-refractivity contribution in [2.75, 3.05) is 31.1 Å². The summed E-state index contributed by atoms with van der Waals surface area (Å²) in [6.45, 7) is 4.01. The van der Waals surface area contributed by atoms with Crippen molar-refractivity contribution in [3.63, 3.8) is 0 Å². The van der Waals surface area contributed by atoms with Crippen LogP contribution in [-0.2, 0) is 0 Å². The van der Waals surface area contributed by atoms with Crippen molar-refractivity contribution in [2.24, 2.45) is 5.92 Å². The molecule has 7 aliphatic rings. The second-order valence-electron chi connectivity index (χ2n) is 14.1. The first-order valence-corrected chi connectivity index (χ1v) is 16.3. The Hall–Kier alpha value is -4.34. The number of aromatic hydroxyl groups is 1. The molecule has 2 unspecified atom stereocenters. The normalized spacial score (nSPS) is 33.0. The molecule has 12 heteroatoms. The summed E-state index contributed by atoms with van der Waals surface area (Å²) in [6.07, 6.45) is 7.60. The first-order chi connectivity index (χ1) is 22.7. The Kier molecular flexibility index (Phi) is 5.41. The summed E-state index contributed by atoms with van der Waals surface area (Å²) in [7, 11) is 0. The van der Waals surface area contributed by atoms with Gasteiger partial charge >= 0.3 is 6.01 Å². The zero-order valence-electron chi connectivity index (χ0n) is 25.6. The number of ether oxygens (including phenoxy) is 2. The van der Waals surface area contributed by atoms with Gasteiger partial charge in [0.15, 0.2) is 5.82 Å². The van der Waals surface area contributed by atoms with Crippen LogP contribution in [0, 0.1) is 29.9 Å². The summed E-state index contributed by atoms with van der Waals surface area (Å²) in [5.41, 5.74) is -1.08. The molecule has 0 amide bonds. The highest BCUT2D eigenvalue weighted by Crippen LogP contribution is 2.64. The molecule has 2 N–H and O–H groups in total. The zero-order chi connectivity index (χ0) is 32.0. The maximum absolute atomic E-state index is 17.1. The van der Waals surface area contributed by atoms with Crippen molar-refractivity contribution in [2.45, 2.75) is 68.0 Å². The van der Waals surface area contributed by atoms with Gasteiger partial charge in [-0.1, -0.05) is 12.0 Å². The molecule has 2 aromatic heterocycles. The number of rotatable bonds is 4. The SMILES string of the molecule is C#Cc1c(F)ccc2cc(O)cc(-c3nc4c5c(nc(OC[C@@]67CCCN6C[C@H](F)C7)nc5c3F)N3C[C@H]5CC6[C@H](N5)C63[C@H](C)O4)c12. The van der Waals surface area contributed by atoms with E-state index < -0.39 is 28.9 Å². The molecule has 0 radical (unpaired) electrons. The van der Waals surface area contributed by atoms with Crippen LogP contribution in [0.5, 0.6) is 17.6 Å². The lowest BCUT2D eigenvalue weighted by molar-refractivity contribution is 0.107. The van der Waals surface area contributed by atoms with E-state index in [1.54, 1.807) is 0 Å². The maximum Gasteiger partial charge on any atom is 0.319 e. The van der Waals surface area contributed by atoms with E-state index in [0.717, 1.165) is 25.8 Å². The van der Waals surface area contributed by atoms with Gasteiger partial charge in [-0.25, -0.2) is 18.2 Å². The highest BCUT2D eigenvalue weighted by Gasteiger charge is 2.78. The van der Waals surface area contributed by atoms with Gasteiger partial charge in [-0.15, -0.1) is 6.42 Å². The first kappa shape index (κ1) is 27.7. The molecule has 6 fully saturated rings. The molecule has 4 bridgehead atoms. The van der Waals surface area contributed by atoms with Gasteiger partial charge in [0.25, 0.3) is 0 Å². The van der Waals surface area contributed by atoms with Crippen LogP contribution in [0.4, 0.5) is 19.0 Å². The number of terminal acetylenes is 1. The zero-order valence-corrected chi connectivity index (χ0v) is 25.6. The molecule has 11 rings (SSSR count). The lowest BCUT2D eigenvalue weighted by Gasteiger charge is -2.45. The number of hydrogen-bond acceptors (Lipinski definition) is 9. The van der Waals surface area contributed by atoms with Crippen molar-refractivity contribution >= 4 is 27.5 Å². The van der Waals surface area contributed by atoms with Crippen LogP contribution in [0.15, 0.2) is 24.3 Å². The number of aromatic nitrogens is 3. The molecule has 1 saturated carbocycles. The van der Waals surface area contributed by atoms with Crippen LogP contribution in [0.25, 0.3) is 32.9 Å². The second kappa shape index (κ2) is 9.17. The lowest BCUT2D eigenvalue weighted by atomic mass is 9.93. The summed E-state index contributed by atoms with van der Waals surface area (Å²) in [4.78, 5) is 18.7. The molecule has 47 heavy (non-hydrogen) atoms. The van der Waals surface area contributed by atoms with Crippen molar-refractivity contribution in [3.05, 3.63) is 41.5 Å². The Labute approximate surface area is 268 Å². The van der Waals surface area contributed by atoms with Gasteiger partial charge in [-0.3, -0.25) is 4.90 Å². The van der Waals surface area contributed by atoms with Crippen molar-refractivity contribution in [3.8, 4) is 41.2 Å². The third-order valence-electron chi connectivity index (χ3n) is 11.8. The molecule has 1 aliphatic carbocycles. The number of hydrogen-bond donors (Lipinski definition) is 2. The molecule has 4 aromatic rings. The van der Waals surface area contributed by atoms with E-state index >= 15 is 8.78 Å². The molecule has 240 valence electrons. The standard InChI is InChI=1S/C35H31F3N6O3/c1-3-21-24(37)6-5-17-9-20(45)11-22(25(17)21)28-27(38)29-26-31(42-33(41-29)46-15-34-7-4-8-43(34)13-18(36)12-34)44-14-19-10-23-30(39-19)35(23,44)16(2)47-32(26)40-28/h1,5-6,9,11,16,18-19,23,30,39,45H,4,7-8,10,12-15H2,2H3/t16-,18+,19+,23?,30-,34-,35?/m0/s1. The van der Waals surface area contributed by atoms with Gasteiger partial charge < -0.3 is 24.8 Å². The van der Waals surface area contributed by atoms with Gasteiger partial charge in [0, 0.05) is 48.5 Å². The molecular formula is C35H31F3N6O3. The minimum atomic E-state index is -0.928. The number of nitrogens with zero attached hydrogens (tertiary/aromatic N) is 5. The van der Waals surface area contributed by atoms with E-state index in [1.807, 2.05) is 6.92 Å². The van der Waals surface area contributed by atoms with E-state index in [-0.39, 0.29) is 70.2 Å². The van der Waals surface area contributed by atoms with E-state index in [9.17, 15) is 9.50 Å². The predicted octanol–water partition coefficient (Wildman–Crippen LogP) is 4.47. The summed E-state index contributed by atoms with van der Waals surface area (Å²) in [6, 6.07) is 5.90. The largest absolute Gasteiger partial charge is 0.508 e. The number of anilines is 1. The maximum atomic E-state index is 17.1. The number of alkyl halides is 1. The van der Waals surface area contributed by atoms with Gasteiger partial charge in [0.05, 0.1) is 16.6 Å². The predicted molar refractivity (Wildman–Crippen MR) is 167 cm³/mol. The third kappa shape index (κ3) is 3.51. The van der Waals surface area contributed by atoms with Crippen LogP contribution in [-0.4, -0.2) is 86.6 Å². The monoisotopic (exact) mass is 640 g/mol. The minimum absolute atomic E-state index is 0.0109. The molecule has 6 aliphatic heterocycles. The van der Waals surface area contributed by atoms with E-state index in [1.165, 1.54) is 24.3 Å². The molecule has 1 spiro atoms. The molecule has 2 aromatic carbocycles. The summed E-state index contributed by atoms with van der Waals surface area (Å²) < 4.78 is 59.6. The number of piperidine rings is 2. The number of phenolic OH excluding ortho intramolecular Hbond substituents is 1. The quantitative estimate of drug-likeness (QED) is 0.314. The Morgan fingerprint density at radius 2 is 2.06 bits per heavy atom. The van der Waals surface area contributed by atoms with E-state index in [2.05, 4.69) is 26.0 Å². The fourth-order valence-corrected chi connectivity index (χ4v) is 9.88. The summed E-state index contributed by atoms with van der Waals surface area (Å²) in [5.74, 6) is 1.73. The number of nitrogens with one attached hydrogen (secondary N) is 1. The van der Waals surface area contributed by atoms with Gasteiger partial charge in [-0.05, 0) is 56.3 Å². The minimum Gasteiger partial charge on any atom is -0.508 e.